The van der Waals surface area contributed by atoms with Gasteiger partial charge in [0.2, 0.25) is 5.91 Å². The van der Waals surface area contributed by atoms with Gasteiger partial charge in [-0.3, -0.25) is 4.79 Å². The smallest absolute Gasteiger partial charge is 0.237 e. The van der Waals surface area contributed by atoms with Gasteiger partial charge in [0, 0.05) is 25.8 Å². The van der Waals surface area contributed by atoms with Crippen LogP contribution < -0.4 is 16.0 Å². The van der Waals surface area contributed by atoms with Crippen LogP contribution in [-0.4, -0.2) is 42.2 Å². The maximum Gasteiger partial charge on any atom is 0.237 e. The fourth-order valence-electron chi connectivity index (χ4n) is 3.35. The Morgan fingerprint density at radius 2 is 1.89 bits per heavy atom. The number of hydrogen-bond donors (Lipinski definition) is 2. The molecule has 2 aromatic rings. The van der Waals surface area contributed by atoms with Crippen molar-refractivity contribution >= 4 is 11.7 Å². The third-order valence-electron chi connectivity index (χ3n) is 4.65. The summed E-state index contributed by atoms with van der Waals surface area (Å²) < 4.78 is 5.76. The Morgan fingerprint density at radius 1 is 1.19 bits per heavy atom. The van der Waals surface area contributed by atoms with E-state index in [-0.39, 0.29) is 18.1 Å². The number of anilines is 1. The zero-order valence-electron chi connectivity index (χ0n) is 16.0. The molecule has 144 valence electrons. The Morgan fingerprint density at radius 3 is 2.52 bits per heavy atom. The lowest BCUT2D eigenvalue weighted by Crippen LogP contribution is -2.45. The maximum atomic E-state index is 12.2. The Kier molecular flexibility index (Phi) is 6.42. The van der Waals surface area contributed by atoms with Gasteiger partial charge in [-0.1, -0.05) is 36.4 Å². The van der Waals surface area contributed by atoms with Crippen LogP contribution in [0.15, 0.2) is 48.7 Å². The van der Waals surface area contributed by atoms with Gasteiger partial charge in [0.05, 0.1) is 18.2 Å². The van der Waals surface area contributed by atoms with Gasteiger partial charge in [0.25, 0.3) is 0 Å². The third-order valence-corrected chi connectivity index (χ3v) is 4.65. The van der Waals surface area contributed by atoms with E-state index in [1.54, 1.807) is 0 Å². The molecule has 6 nitrogen and oxygen atoms in total. The van der Waals surface area contributed by atoms with Crippen molar-refractivity contribution in [2.24, 2.45) is 5.73 Å². The molecule has 0 radical (unpaired) electrons. The molecule has 27 heavy (non-hydrogen) atoms. The number of morpholine rings is 1. The molecule has 1 aliphatic heterocycles. The van der Waals surface area contributed by atoms with Crippen molar-refractivity contribution < 1.29 is 9.53 Å². The van der Waals surface area contributed by atoms with Crippen LogP contribution in [0.3, 0.4) is 0 Å². The van der Waals surface area contributed by atoms with Crippen LogP contribution in [-0.2, 0) is 22.5 Å². The van der Waals surface area contributed by atoms with Crippen LogP contribution in [0.5, 0.6) is 0 Å². The lowest BCUT2D eigenvalue weighted by atomic mass is 10.1. The Balaban J connectivity index is 1.50. The summed E-state index contributed by atoms with van der Waals surface area (Å²) in [5.41, 5.74) is 8.02. The average Bonchev–Trinajstić information content (AvgIpc) is 2.66. The molecule has 0 bridgehead atoms. The number of nitrogens with one attached hydrogen (secondary N) is 1. The van der Waals surface area contributed by atoms with E-state index < -0.39 is 6.04 Å². The second-order valence-corrected chi connectivity index (χ2v) is 7.20. The van der Waals surface area contributed by atoms with Gasteiger partial charge in [0.15, 0.2) is 0 Å². The van der Waals surface area contributed by atoms with Crippen molar-refractivity contribution in [1.29, 1.82) is 0 Å². The summed E-state index contributed by atoms with van der Waals surface area (Å²) >= 11 is 0. The first-order chi connectivity index (χ1) is 13.0. The second-order valence-electron chi connectivity index (χ2n) is 7.20. The van der Waals surface area contributed by atoms with E-state index in [4.69, 9.17) is 10.5 Å². The lowest BCUT2D eigenvalue weighted by Gasteiger charge is -2.36. The number of amides is 1. The molecule has 6 heteroatoms. The van der Waals surface area contributed by atoms with Crippen molar-refractivity contribution in [3.05, 3.63) is 59.8 Å². The molecule has 0 aliphatic carbocycles. The van der Waals surface area contributed by atoms with E-state index in [2.05, 4.69) is 29.0 Å². The zero-order valence-corrected chi connectivity index (χ0v) is 16.0. The maximum absolute atomic E-state index is 12.2. The van der Waals surface area contributed by atoms with Gasteiger partial charge in [-0.25, -0.2) is 4.98 Å². The van der Waals surface area contributed by atoms with E-state index in [1.807, 2.05) is 48.7 Å². The highest BCUT2D eigenvalue weighted by Gasteiger charge is 2.23. The highest BCUT2D eigenvalue weighted by atomic mass is 16.5. The molecule has 1 amide bonds. The molecule has 1 saturated heterocycles. The lowest BCUT2D eigenvalue weighted by molar-refractivity contribution is -0.122. The zero-order chi connectivity index (χ0) is 19.2. The van der Waals surface area contributed by atoms with Gasteiger partial charge >= 0.3 is 0 Å². The molecule has 0 saturated carbocycles. The number of ether oxygens (including phenoxy) is 1. The molecule has 1 fully saturated rings. The Bertz CT molecular complexity index is 726. The summed E-state index contributed by atoms with van der Waals surface area (Å²) in [6.45, 7) is 6.24. The minimum absolute atomic E-state index is 0.154. The van der Waals surface area contributed by atoms with E-state index in [0.29, 0.717) is 13.0 Å². The number of rotatable bonds is 6. The Hall–Kier alpha value is -2.44. The summed E-state index contributed by atoms with van der Waals surface area (Å²) in [6, 6.07) is 13.2. The van der Waals surface area contributed by atoms with Crippen molar-refractivity contribution in [3.63, 3.8) is 0 Å². The third kappa shape index (κ3) is 5.52. The van der Waals surface area contributed by atoms with Crippen LogP contribution in [0.2, 0.25) is 0 Å². The van der Waals surface area contributed by atoms with E-state index >= 15 is 0 Å². The predicted octanol–water partition coefficient (Wildman–Crippen LogP) is 1.88. The number of pyridine rings is 1. The van der Waals surface area contributed by atoms with Crippen LogP contribution >= 0.6 is 0 Å². The molecule has 0 spiro atoms. The van der Waals surface area contributed by atoms with E-state index in [1.165, 1.54) is 0 Å². The SMILES string of the molecule is CC1CN(c2ccc(CNC(=O)C(N)Cc3ccccc3)cn2)CC(C)O1. The number of benzene rings is 1. The first-order valence-corrected chi connectivity index (χ1v) is 9.44. The summed E-state index contributed by atoms with van der Waals surface area (Å²) in [4.78, 5) is 19.0. The normalized spacial score (nSPS) is 20.9. The highest BCUT2D eigenvalue weighted by Crippen LogP contribution is 2.18. The number of carbonyl (C=O) groups excluding carboxylic acids is 1. The van der Waals surface area contributed by atoms with E-state index in [9.17, 15) is 4.79 Å². The first-order valence-electron chi connectivity index (χ1n) is 9.44. The average molecular weight is 368 g/mol. The fourth-order valence-corrected chi connectivity index (χ4v) is 3.35. The van der Waals surface area contributed by atoms with Crippen molar-refractivity contribution in [2.75, 3.05) is 18.0 Å². The van der Waals surface area contributed by atoms with Crippen molar-refractivity contribution in [1.82, 2.24) is 10.3 Å². The summed E-state index contributed by atoms with van der Waals surface area (Å²) in [6.07, 6.45) is 2.72. The van der Waals surface area contributed by atoms with Crippen LogP contribution in [0.25, 0.3) is 0 Å². The van der Waals surface area contributed by atoms with Gasteiger partial charge in [-0.15, -0.1) is 0 Å². The standard InChI is InChI=1S/C21H28N4O2/c1-15-13-25(14-16(2)27-15)20-9-8-18(11-23-20)12-24-21(26)19(22)10-17-6-4-3-5-7-17/h3-9,11,15-16,19H,10,12-14,22H2,1-2H3,(H,24,26). The molecule has 1 aromatic heterocycles. The van der Waals surface area contributed by atoms with Crippen molar-refractivity contribution in [3.8, 4) is 0 Å². The predicted molar refractivity (Wildman–Crippen MR) is 106 cm³/mol. The summed E-state index contributed by atoms with van der Waals surface area (Å²) in [5, 5.41) is 2.89. The highest BCUT2D eigenvalue weighted by molar-refractivity contribution is 5.81. The number of nitrogens with two attached hydrogens (primary N) is 1. The Labute approximate surface area is 160 Å². The first kappa shape index (κ1) is 19.3. The second kappa shape index (κ2) is 8.97. The van der Waals surface area contributed by atoms with Crippen LogP contribution in [0.4, 0.5) is 5.82 Å². The molecule has 3 unspecified atom stereocenters. The molecule has 3 atom stereocenters. The molecular weight excluding hydrogens is 340 g/mol. The number of nitrogens with zero attached hydrogens (tertiary/aromatic N) is 2. The van der Waals surface area contributed by atoms with Gasteiger partial charge in [-0.05, 0) is 37.5 Å². The number of carbonyl (C=O) groups is 1. The van der Waals surface area contributed by atoms with Gasteiger partial charge < -0.3 is 20.7 Å². The van der Waals surface area contributed by atoms with Gasteiger partial charge in [0.1, 0.15) is 5.82 Å². The molecule has 1 aliphatic rings. The molecule has 1 aromatic carbocycles. The molecule has 3 rings (SSSR count). The quantitative estimate of drug-likeness (QED) is 0.814. The fraction of sp³-hybridized carbons (Fsp3) is 0.429. The number of aromatic nitrogens is 1. The molecular formula is C21H28N4O2. The minimum Gasteiger partial charge on any atom is -0.372 e. The summed E-state index contributed by atoms with van der Waals surface area (Å²) in [7, 11) is 0. The van der Waals surface area contributed by atoms with Crippen LogP contribution in [0.1, 0.15) is 25.0 Å². The van der Waals surface area contributed by atoms with Crippen LogP contribution in [0, 0.1) is 0 Å². The monoisotopic (exact) mass is 368 g/mol. The van der Waals surface area contributed by atoms with E-state index in [0.717, 1.165) is 30.0 Å². The largest absolute Gasteiger partial charge is 0.372 e. The molecule has 3 N–H and O–H groups in total. The summed E-state index contributed by atoms with van der Waals surface area (Å²) in [5.74, 6) is 0.784. The van der Waals surface area contributed by atoms with Gasteiger partial charge in [-0.2, -0.15) is 0 Å². The van der Waals surface area contributed by atoms with Crippen molar-refractivity contribution in [2.45, 2.75) is 45.1 Å². The molecule has 2 heterocycles. The topological polar surface area (TPSA) is 80.5 Å². The minimum atomic E-state index is -0.559. The number of hydrogen-bond acceptors (Lipinski definition) is 5.